The molecule has 0 aliphatic rings. The molecule has 9 heteroatoms. The molecule has 0 saturated heterocycles. The van der Waals surface area contributed by atoms with Crippen molar-refractivity contribution in [2.24, 2.45) is 0 Å². The summed E-state index contributed by atoms with van der Waals surface area (Å²) in [6.07, 6.45) is 111. The maximum absolute atomic E-state index is 12.9. The first-order valence-corrected chi connectivity index (χ1v) is 37.6. The van der Waals surface area contributed by atoms with Gasteiger partial charge in [-0.05, 0) is 135 Å². The fourth-order valence-electron chi connectivity index (χ4n) is 9.70. The van der Waals surface area contributed by atoms with Gasteiger partial charge in [-0.15, -0.1) is 0 Å². The number of quaternary nitrogens is 1. The van der Waals surface area contributed by atoms with Crippen molar-refractivity contribution in [3.8, 4) is 0 Å². The van der Waals surface area contributed by atoms with Crippen molar-refractivity contribution in [3.63, 3.8) is 0 Å². The Morgan fingerprint density at radius 2 is 0.579 bits per heavy atom. The molecule has 0 heterocycles. The lowest BCUT2D eigenvalue weighted by atomic mass is 10.0. The van der Waals surface area contributed by atoms with Crippen molar-refractivity contribution < 1.29 is 42.9 Å². The Balaban J connectivity index is 4.15. The predicted molar refractivity (Wildman–Crippen MR) is 407 cm³/mol. The Morgan fingerprint density at radius 1 is 0.316 bits per heavy atom. The highest BCUT2D eigenvalue weighted by atomic mass is 16.7. The van der Waals surface area contributed by atoms with Gasteiger partial charge in [-0.3, -0.25) is 9.59 Å². The smallest absolute Gasteiger partial charge is 0.306 e. The molecule has 9 nitrogen and oxygen atoms in total. The normalized spacial score (nSPS) is 13.8. The van der Waals surface area contributed by atoms with Crippen LogP contribution in [0, 0.1) is 0 Å². The Labute approximate surface area is 582 Å². The van der Waals surface area contributed by atoms with Crippen LogP contribution in [0.15, 0.2) is 194 Å². The number of unbranched alkanes of at least 4 members (excludes halogenated alkanes) is 20. The number of allylic oxidation sites excluding steroid dienone is 32. The average Bonchev–Trinajstić information content (AvgIpc) is 2.86. The summed E-state index contributed by atoms with van der Waals surface area (Å²) < 4.78 is 22.7. The SMILES string of the molecule is CC/C=C\C/C=C\C/C=C\C/C=C\C/C=C\C/C=C\C/C=C\C/C=C\C/C=C\CCCC(=O)OC(COC(=O)CCCCCCCCCCCCCCCCCCCCC/C=C\C/C=C\C/C=C\C/C=C\C/C=C\C/C=C\C/C=C\CC)COC(OCC[N+](C)(C)C)C(=O)[O-]. The number of hydrogen-bond donors (Lipinski definition) is 0. The summed E-state index contributed by atoms with van der Waals surface area (Å²) in [7, 11) is 5.90. The molecular formula is C86H137NO8. The molecule has 0 aromatic heterocycles. The lowest BCUT2D eigenvalue weighted by molar-refractivity contribution is -0.870. The van der Waals surface area contributed by atoms with Crippen LogP contribution in [0.4, 0.5) is 0 Å². The van der Waals surface area contributed by atoms with Crippen LogP contribution in [0.25, 0.3) is 0 Å². The molecule has 534 valence electrons. The number of hydrogen-bond acceptors (Lipinski definition) is 8. The summed E-state index contributed by atoms with van der Waals surface area (Å²) in [5.74, 6) is -2.38. The van der Waals surface area contributed by atoms with Crippen LogP contribution in [-0.2, 0) is 33.3 Å². The molecule has 0 radical (unpaired) electrons. The third-order valence-corrected chi connectivity index (χ3v) is 15.3. The zero-order chi connectivity index (χ0) is 69.0. The number of carbonyl (C=O) groups is 3. The van der Waals surface area contributed by atoms with Gasteiger partial charge in [0.15, 0.2) is 12.4 Å². The summed E-state index contributed by atoms with van der Waals surface area (Å²) in [6.45, 7) is 4.44. The number of nitrogens with zero attached hydrogens (tertiary/aromatic N) is 1. The molecule has 0 aromatic rings. The average molecular weight is 1310 g/mol. The lowest BCUT2D eigenvalue weighted by Crippen LogP contribution is -2.44. The Morgan fingerprint density at radius 3 is 0.874 bits per heavy atom. The maximum atomic E-state index is 12.9. The third-order valence-electron chi connectivity index (χ3n) is 15.3. The van der Waals surface area contributed by atoms with Crippen molar-refractivity contribution in [1.29, 1.82) is 0 Å². The molecular weight excluding hydrogens is 1170 g/mol. The highest BCUT2D eigenvalue weighted by Gasteiger charge is 2.22. The highest BCUT2D eigenvalue weighted by molar-refractivity contribution is 5.70. The van der Waals surface area contributed by atoms with Crippen molar-refractivity contribution in [1.82, 2.24) is 0 Å². The van der Waals surface area contributed by atoms with Gasteiger partial charge in [-0.2, -0.15) is 0 Å². The van der Waals surface area contributed by atoms with Crippen LogP contribution >= 0.6 is 0 Å². The summed E-state index contributed by atoms with van der Waals surface area (Å²) in [5, 5.41) is 11.8. The summed E-state index contributed by atoms with van der Waals surface area (Å²) in [6, 6.07) is 0. The second-order valence-electron chi connectivity index (χ2n) is 25.5. The van der Waals surface area contributed by atoms with E-state index in [1.807, 2.05) is 21.1 Å². The number of carboxylic acids is 1. The molecule has 0 aromatic carbocycles. The van der Waals surface area contributed by atoms with Gasteiger partial charge in [-0.25, -0.2) is 0 Å². The van der Waals surface area contributed by atoms with E-state index < -0.39 is 24.3 Å². The van der Waals surface area contributed by atoms with E-state index in [1.165, 1.54) is 109 Å². The molecule has 0 amide bonds. The predicted octanol–water partition coefficient (Wildman–Crippen LogP) is 22.8. The number of aliphatic carboxylic acids is 1. The topological polar surface area (TPSA) is 111 Å². The number of ether oxygens (including phenoxy) is 4. The molecule has 2 unspecified atom stereocenters. The fourth-order valence-corrected chi connectivity index (χ4v) is 9.70. The third kappa shape index (κ3) is 75.4. The van der Waals surface area contributed by atoms with Crippen LogP contribution < -0.4 is 5.11 Å². The number of esters is 2. The minimum Gasteiger partial charge on any atom is -0.545 e. The van der Waals surface area contributed by atoms with Gasteiger partial charge in [0.1, 0.15) is 13.2 Å². The number of rotatable bonds is 67. The van der Waals surface area contributed by atoms with Crippen LogP contribution in [0.1, 0.15) is 271 Å². The van der Waals surface area contributed by atoms with Crippen LogP contribution in [0.5, 0.6) is 0 Å². The van der Waals surface area contributed by atoms with E-state index in [9.17, 15) is 19.5 Å². The monoisotopic (exact) mass is 1310 g/mol. The first-order chi connectivity index (χ1) is 46.6. The zero-order valence-electron chi connectivity index (χ0n) is 61.0. The lowest BCUT2D eigenvalue weighted by Gasteiger charge is -2.26. The molecule has 2 atom stereocenters. The van der Waals surface area contributed by atoms with Crippen molar-refractivity contribution in [3.05, 3.63) is 194 Å². The quantitative estimate of drug-likeness (QED) is 0.0195. The molecule has 0 N–H and O–H groups in total. The molecule has 0 spiro atoms. The second-order valence-corrected chi connectivity index (χ2v) is 25.5. The number of likely N-dealkylation sites (N-methyl/N-ethyl adjacent to an activating group) is 1. The minimum atomic E-state index is -1.65. The Kier molecular flexibility index (Phi) is 69.4. The number of carboxylic acid groups (broad SMARTS) is 1. The van der Waals surface area contributed by atoms with Gasteiger partial charge in [-0.1, -0.05) is 317 Å². The fraction of sp³-hybridized carbons (Fsp3) is 0.593. The van der Waals surface area contributed by atoms with Gasteiger partial charge in [0.05, 0.1) is 40.3 Å². The van der Waals surface area contributed by atoms with Gasteiger partial charge < -0.3 is 33.3 Å². The van der Waals surface area contributed by atoms with Crippen molar-refractivity contribution >= 4 is 17.9 Å². The van der Waals surface area contributed by atoms with Gasteiger partial charge in [0.2, 0.25) is 0 Å². The molecule has 0 aliphatic carbocycles. The van der Waals surface area contributed by atoms with Gasteiger partial charge in [0, 0.05) is 12.8 Å². The molecule has 0 rings (SSSR count). The van der Waals surface area contributed by atoms with E-state index in [1.54, 1.807) is 0 Å². The number of carbonyl (C=O) groups excluding carboxylic acids is 3. The van der Waals surface area contributed by atoms with E-state index in [0.717, 1.165) is 122 Å². The second kappa shape index (κ2) is 73.9. The van der Waals surface area contributed by atoms with E-state index in [-0.39, 0.29) is 38.6 Å². The summed E-state index contributed by atoms with van der Waals surface area (Å²) >= 11 is 0. The van der Waals surface area contributed by atoms with Crippen LogP contribution in [-0.4, -0.2) is 82.3 Å². The summed E-state index contributed by atoms with van der Waals surface area (Å²) in [5.41, 5.74) is 0. The zero-order valence-corrected chi connectivity index (χ0v) is 61.0. The van der Waals surface area contributed by atoms with E-state index >= 15 is 0 Å². The molecule has 0 saturated carbocycles. The van der Waals surface area contributed by atoms with Crippen molar-refractivity contribution in [2.75, 3.05) is 47.5 Å². The first kappa shape index (κ1) is 89.1. The van der Waals surface area contributed by atoms with Gasteiger partial charge in [0.25, 0.3) is 0 Å². The highest BCUT2D eigenvalue weighted by Crippen LogP contribution is 2.16. The maximum Gasteiger partial charge on any atom is 0.306 e. The van der Waals surface area contributed by atoms with E-state index in [0.29, 0.717) is 23.9 Å². The summed E-state index contributed by atoms with van der Waals surface area (Å²) in [4.78, 5) is 37.5. The van der Waals surface area contributed by atoms with E-state index in [4.69, 9.17) is 18.9 Å². The Hall–Kier alpha value is -5.87. The molecule has 0 fully saturated rings. The Bertz CT molecular complexity index is 2270. The molecule has 0 aliphatic heterocycles. The van der Waals surface area contributed by atoms with Crippen LogP contribution in [0.2, 0.25) is 0 Å². The van der Waals surface area contributed by atoms with Gasteiger partial charge >= 0.3 is 11.9 Å². The largest absolute Gasteiger partial charge is 0.545 e. The molecule has 0 bridgehead atoms. The van der Waals surface area contributed by atoms with Crippen LogP contribution in [0.3, 0.4) is 0 Å². The van der Waals surface area contributed by atoms with Crippen molar-refractivity contribution in [2.45, 2.75) is 283 Å². The molecule has 95 heavy (non-hydrogen) atoms. The minimum absolute atomic E-state index is 0.128. The first-order valence-electron chi connectivity index (χ1n) is 37.6. The van der Waals surface area contributed by atoms with E-state index in [2.05, 4.69) is 208 Å². The standard InChI is InChI=1S/C86H137NO8/c1-6-8-10-12-14-16-18-20-22-24-26-28-30-32-34-36-37-38-39-40-41-42-43-44-45-46-47-49-50-52-54-56-58-60-62-64-66-68-70-72-74-76-83(88)93-80-82(81-94-86(85(90)91)92-79-78-87(3,4)5)95-84(89)77-75-73-71-69-67-65-63-61-59-57-55-53-51-48-35-33-31-29-27-25-23-21-19-17-15-13-11-9-7-2/h8-11,14-17,20-23,26-29,32-35,37-38,40-41,51,53,57,59,63,65,69,71,82,86H,6-7,12-13,18-19,24-25,30-31,36,39,42-50,52,54-56,58,60-62,64,66-68,70,72-81H2,1-5H3/b10-8-,11-9-,16-14-,17-15-,22-20-,23-21-,28-26-,29-27-,34-32-,35-33-,38-37-,41-40-,53-51-,59-57-,65-63-,71-69-.